The van der Waals surface area contributed by atoms with Gasteiger partial charge in [0.2, 0.25) is 0 Å². The number of nitrogens with one attached hydrogen (secondary N) is 1. The first kappa shape index (κ1) is 16.1. The highest BCUT2D eigenvalue weighted by molar-refractivity contribution is 7.17. The molecule has 0 unspecified atom stereocenters. The van der Waals surface area contributed by atoms with E-state index in [9.17, 15) is 14.7 Å². The number of thiophene rings is 1. The summed E-state index contributed by atoms with van der Waals surface area (Å²) >= 11 is 1.27. The van der Waals surface area contributed by atoms with Crippen molar-refractivity contribution in [2.45, 2.75) is 6.92 Å². The van der Waals surface area contributed by atoms with E-state index in [0.29, 0.717) is 21.7 Å². The number of aromatic nitrogens is 1. The van der Waals surface area contributed by atoms with Gasteiger partial charge in [0.25, 0.3) is 11.5 Å². The highest BCUT2D eigenvalue weighted by atomic mass is 32.1. The van der Waals surface area contributed by atoms with Crippen molar-refractivity contribution in [3.63, 3.8) is 0 Å². The Labute approximate surface area is 141 Å². The van der Waals surface area contributed by atoms with Crippen LogP contribution < -0.4 is 15.6 Å². The van der Waals surface area contributed by atoms with Crippen LogP contribution in [0, 0.1) is 6.92 Å². The van der Waals surface area contributed by atoms with Gasteiger partial charge in [0.05, 0.1) is 23.0 Å². The minimum atomic E-state index is -0.674. The summed E-state index contributed by atoms with van der Waals surface area (Å²) in [5, 5.41) is 14.8. The molecule has 24 heavy (non-hydrogen) atoms. The number of amides is 1. The number of aryl methyl sites for hydroxylation is 2. The van der Waals surface area contributed by atoms with Gasteiger partial charge < -0.3 is 19.7 Å². The van der Waals surface area contributed by atoms with E-state index < -0.39 is 11.5 Å². The lowest BCUT2D eigenvalue weighted by Crippen LogP contribution is -2.28. The van der Waals surface area contributed by atoms with Crippen molar-refractivity contribution >= 4 is 33.1 Å². The molecule has 0 saturated carbocycles. The monoisotopic (exact) mass is 344 g/mol. The highest BCUT2D eigenvalue weighted by Gasteiger charge is 2.22. The second kappa shape index (κ2) is 6.01. The van der Waals surface area contributed by atoms with E-state index in [2.05, 4.69) is 5.32 Å². The molecule has 0 aliphatic carbocycles. The van der Waals surface area contributed by atoms with Gasteiger partial charge in [0.15, 0.2) is 5.75 Å². The Bertz CT molecular complexity index is 1000. The molecule has 0 aliphatic rings. The first-order valence-corrected chi connectivity index (χ1v) is 8.07. The van der Waals surface area contributed by atoms with Crippen LogP contribution in [0.15, 0.2) is 34.4 Å². The molecule has 2 aromatic heterocycles. The molecule has 0 aliphatic heterocycles. The van der Waals surface area contributed by atoms with Crippen molar-refractivity contribution in [1.29, 1.82) is 0 Å². The maximum absolute atomic E-state index is 12.6. The fourth-order valence-corrected chi connectivity index (χ4v) is 3.42. The van der Waals surface area contributed by atoms with Gasteiger partial charge in [0, 0.05) is 7.05 Å². The molecule has 0 saturated heterocycles. The number of nitrogens with zero attached hydrogens (tertiary/aromatic N) is 1. The van der Waals surface area contributed by atoms with Crippen molar-refractivity contribution in [1.82, 2.24) is 4.57 Å². The predicted octanol–water partition coefficient (Wildman–Crippen LogP) is 2.87. The van der Waals surface area contributed by atoms with Crippen LogP contribution in [-0.4, -0.2) is 22.7 Å². The third kappa shape index (κ3) is 2.52. The van der Waals surface area contributed by atoms with Crippen LogP contribution in [0.2, 0.25) is 0 Å². The van der Waals surface area contributed by atoms with Crippen LogP contribution in [0.4, 0.5) is 5.69 Å². The summed E-state index contributed by atoms with van der Waals surface area (Å²) in [7, 11) is 3.06. The molecule has 2 N–H and O–H groups in total. The minimum absolute atomic E-state index is 0.281. The van der Waals surface area contributed by atoms with Crippen LogP contribution in [0.3, 0.4) is 0 Å². The smallest absolute Gasteiger partial charge is 0.267 e. The average Bonchev–Trinajstić information content (AvgIpc) is 3.03. The van der Waals surface area contributed by atoms with Crippen LogP contribution in [0.25, 0.3) is 10.2 Å². The fraction of sp³-hybridized carbons (Fsp3) is 0.176. The molecule has 0 atom stereocenters. The lowest BCUT2D eigenvalue weighted by molar-refractivity contribution is 0.102. The van der Waals surface area contributed by atoms with E-state index in [1.165, 1.54) is 23.0 Å². The Morgan fingerprint density at radius 3 is 2.79 bits per heavy atom. The molecule has 6 nitrogen and oxygen atoms in total. The molecule has 0 fully saturated rings. The van der Waals surface area contributed by atoms with Crippen molar-refractivity contribution in [3.8, 4) is 11.5 Å². The van der Waals surface area contributed by atoms with Gasteiger partial charge in [-0.05, 0) is 36.1 Å². The minimum Gasteiger partial charge on any atom is -0.505 e. The third-order valence-corrected chi connectivity index (χ3v) is 4.72. The maximum Gasteiger partial charge on any atom is 0.267 e. The van der Waals surface area contributed by atoms with Crippen molar-refractivity contribution in [3.05, 3.63) is 51.1 Å². The summed E-state index contributed by atoms with van der Waals surface area (Å²) in [5.41, 5.74) is 1.12. The molecule has 2 heterocycles. The molecular weight excluding hydrogens is 328 g/mol. The molecule has 7 heteroatoms. The topological polar surface area (TPSA) is 80.6 Å². The normalized spacial score (nSPS) is 10.8. The number of rotatable bonds is 3. The summed E-state index contributed by atoms with van der Waals surface area (Å²) in [6.07, 6.45) is 0. The van der Waals surface area contributed by atoms with Crippen LogP contribution >= 0.6 is 11.3 Å². The predicted molar refractivity (Wildman–Crippen MR) is 94.4 cm³/mol. The summed E-state index contributed by atoms with van der Waals surface area (Å²) in [6.45, 7) is 1.88. The molecule has 3 aromatic rings. The quantitative estimate of drug-likeness (QED) is 0.765. The second-order valence-electron chi connectivity index (χ2n) is 5.38. The van der Waals surface area contributed by atoms with E-state index in [1.54, 1.807) is 30.6 Å². The van der Waals surface area contributed by atoms with Crippen molar-refractivity contribution in [2.24, 2.45) is 7.05 Å². The number of benzene rings is 1. The lowest BCUT2D eigenvalue weighted by Gasteiger charge is -2.12. The van der Waals surface area contributed by atoms with Gasteiger partial charge in [-0.2, -0.15) is 0 Å². The van der Waals surface area contributed by atoms with Crippen LogP contribution in [-0.2, 0) is 7.05 Å². The first-order chi connectivity index (χ1) is 11.4. The zero-order valence-electron chi connectivity index (χ0n) is 13.4. The molecule has 0 bridgehead atoms. The van der Waals surface area contributed by atoms with Gasteiger partial charge in [-0.25, -0.2) is 0 Å². The van der Waals surface area contributed by atoms with E-state index in [-0.39, 0.29) is 11.3 Å². The SMILES string of the molecule is COc1ccc(C)cc1NC(=O)c1c(O)c2sccc2n(C)c1=O. The van der Waals surface area contributed by atoms with Gasteiger partial charge >= 0.3 is 0 Å². The van der Waals surface area contributed by atoms with E-state index in [1.807, 2.05) is 13.0 Å². The number of fused-ring (bicyclic) bond motifs is 1. The molecule has 1 amide bonds. The average molecular weight is 344 g/mol. The van der Waals surface area contributed by atoms with E-state index in [4.69, 9.17) is 4.74 Å². The molecule has 0 spiro atoms. The Morgan fingerprint density at radius 2 is 2.08 bits per heavy atom. The maximum atomic E-state index is 12.6. The Balaban J connectivity index is 2.10. The molecule has 0 radical (unpaired) electrons. The fourth-order valence-electron chi connectivity index (χ4n) is 2.54. The van der Waals surface area contributed by atoms with E-state index in [0.717, 1.165) is 5.56 Å². The number of hydrogen-bond donors (Lipinski definition) is 2. The zero-order valence-corrected chi connectivity index (χ0v) is 14.2. The molecular formula is C17H16N2O4S. The third-order valence-electron chi connectivity index (χ3n) is 3.81. The number of aromatic hydroxyl groups is 1. The molecule has 124 valence electrons. The number of methoxy groups -OCH3 is 1. The Kier molecular flexibility index (Phi) is 4.02. The number of anilines is 1. The molecule has 1 aromatic carbocycles. The number of carbonyl (C=O) groups excluding carboxylic acids is 1. The first-order valence-electron chi connectivity index (χ1n) is 7.19. The largest absolute Gasteiger partial charge is 0.505 e. The van der Waals surface area contributed by atoms with Crippen LogP contribution in [0.5, 0.6) is 11.5 Å². The van der Waals surface area contributed by atoms with E-state index >= 15 is 0 Å². The van der Waals surface area contributed by atoms with Gasteiger partial charge in [-0.1, -0.05) is 6.07 Å². The number of ether oxygens (including phenoxy) is 1. The molecule has 3 rings (SSSR count). The number of pyridine rings is 1. The standard InChI is InChI=1S/C17H16N2O4S/c1-9-4-5-12(23-3)10(8-9)18-16(21)13-14(20)15-11(6-7-24-15)19(2)17(13)22/h4-8,20H,1-3H3,(H,18,21). The van der Waals surface area contributed by atoms with Crippen molar-refractivity contribution < 1.29 is 14.6 Å². The summed E-state index contributed by atoms with van der Waals surface area (Å²) in [5.74, 6) is -0.498. The number of hydrogen-bond acceptors (Lipinski definition) is 5. The highest BCUT2D eigenvalue weighted by Crippen LogP contribution is 2.32. The Hall–Kier alpha value is -2.80. The van der Waals surface area contributed by atoms with Gasteiger partial charge in [-0.15, -0.1) is 11.3 Å². The second-order valence-corrected chi connectivity index (χ2v) is 6.30. The Morgan fingerprint density at radius 1 is 1.33 bits per heavy atom. The summed E-state index contributed by atoms with van der Waals surface area (Å²) in [6, 6.07) is 7.04. The summed E-state index contributed by atoms with van der Waals surface area (Å²) in [4.78, 5) is 25.1. The van der Waals surface area contributed by atoms with Crippen molar-refractivity contribution in [2.75, 3.05) is 12.4 Å². The zero-order chi connectivity index (χ0) is 17.4. The number of carbonyl (C=O) groups is 1. The summed E-state index contributed by atoms with van der Waals surface area (Å²) < 4.78 is 7.07. The van der Waals surface area contributed by atoms with Gasteiger partial charge in [0.1, 0.15) is 11.3 Å². The van der Waals surface area contributed by atoms with Gasteiger partial charge in [-0.3, -0.25) is 9.59 Å². The lowest BCUT2D eigenvalue weighted by atomic mass is 10.1. The van der Waals surface area contributed by atoms with Crippen LogP contribution in [0.1, 0.15) is 15.9 Å².